The Morgan fingerprint density at radius 2 is 1.83 bits per heavy atom. The van der Waals surface area contributed by atoms with Gasteiger partial charge in [-0.15, -0.1) is 0 Å². The van der Waals surface area contributed by atoms with Crippen molar-refractivity contribution < 1.29 is 18.0 Å². The predicted molar refractivity (Wildman–Crippen MR) is 107 cm³/mol. The zero-order chi connectivity index (χ0) is 21.1. The Bertz CT molecular complexity index is 999. The monoisotopic (exact) mass is 414 g/mol. The van der Waals surface area contributed by atoms with Gasteiger partial charge in [-0.1, -0.05) is 30.3 Å². The number of imidazole rings is 1. The van der Waals surface area contributed by atoms with E-state index < -0.39 is 11.7 Å². The van der Waals surface area contributed by atoms with Gasteiger partial charge in [0.05, 0.1) is 11.6 Å². The second kappa shape index (κ2) is 8.22. The summed E-state index contributed by atoms with van der Waals surface area (Å²) in [6.07, 6.45) is 0.836. The van der Waals surface area contributed by atoms with Gasteiger partial charge in [-0.2, -0.15) is 13.2 Å². The average molecular weight is 414 g/mol. The van der Waals surface area contributed by atoms with Crippen molar-refractivity contribution in [2.75, 3.05) is 11.9 Å². The van der Waals surface area contributed by atoms with Gasteiger partial charge in [0.2, 0.25) is 0 Å². The topological polar surface area (TPSA) is 50.2 Å². The van der Waals surface area contributed by atoms with Gasteiger partial charge >= 0.3 is 12.2 Å². The molecule has 2 aromatic carbocycles. The Morgan fingerprint density at radius 3 is 2.53 bits per heavy atom. The lowest BCUT2D eigenvalue weighted by molar-refractivity contribution is -0.137. The third-order valence-corrected chi connectivity index (χ3v) is 5.22. The summed E-state index contributed by atoms with van der Waals surface area (Å²) in [5, 5.41) is 2.71. The highest BCUT2D eigenvalue weighted by atomic mass is 19.4. The number of hydrogen-bond acceptors (Lipinski definition) is 2. The van der Waals surface area contributed by atoms with Crippen LogP contribution in [0.25, 0.3) is 0 Å². The average Bonchev–Trinajstić information content (AvgIpc) is 3.37. The zero-order valence-corrected chi connectivity index (χ0v) is 16.1. The minimum atomic E-state index is -4.40. The van der Waals surface area contributed by atoms with Crippen molar-refractivity contribution in [3.8, 4) is 0 Å². The molecule has 0 spiro atoms. The van der Waals surface area contributed by atoms with Crippen LogP contribution in [0.5, 0.6) is 0 Å². The van der Waals surface area contributed by atoms with Gasteiger partial charge < -0.3 is 14.8 Å². The van der Waals surface area contributed by atoms with E-state index >= 15 is 0 Å². The summed E-state index contributed by atoms with van der Waals surface area (Å²) < 4.78 is 40.2. The molecule has 0 aliphatic carbocycles. The molecular formula is C22H21F3N4O. The molecule has 2 heterocycles. The van der Waals surface area contributed by atoms with Crippen molar-refractivity contribution >= 4 is 11.7 Å². The Balaban J connectivity index is 1.48. The van der Waals surface area contributed by atoms with Gasteiger partial charge in [0.15, 0.2) is 0 Å². The van der Waals surface area contributed by atoms with Gasteiger partial charge in [-0.25, -0.2) is 9.78 Å². The first-order valence-corrected chi connectivity index (χ1v) is 9.71. The maximum atomic E-state index is 12.8. The van der Waals surface area contributed by atoms with E-state index in [4.69, 9.17) is 0 Å². The van der Waals surface area contributed by atoms with Crippen LogP contribution in [0.15, 0.2) is 67.0 Å². The highest BCUT2D eigenvalue weighted by molar-refractivity contribution is 5.89. The number of halogens is 3. The summed E-state index contributed by atoms with van der Waals surface area (Å²) in [4.78, 5) is 19.0. The first kappa shape index (κ1) is 20.0. The van der Waals surface area contributed by atoms with E-state index in [1.54, 1.807) is 11.1 Å². The quantitative estimate of drug-likeness (QED) is 0.628. The number of carbonyl (C=O) groups is 1. The molecule has 1 aliphatic rings. The number of nitrogens with one attached hydrogen (secondary N) is 1. The molecule has 1 aromatic heterocycles. The van der Waals surface area contributed by atoms with E-state index in [1.165, 1.54) is 12.1 Å². The molecule has 1 fully saturated rings. The van der Waals surface area contributed by atoms with Crippen LogP contribution in [0.1, 0.15) is 35.8 Å². The first-order valence-electron chi connectivity index (χ1n) is 9.71. The van der Waals surface area contributed by atoms with Gasteiger partial charge in [0.25, 0.3) is 0 Å². The standard InChI is InChI=1S/C22H21F3N4O/c23-22(24,25)17-8-10-18(11-9-17)27-21(30)29-13-4-7-19(29)20-26-12-14-28(20)15-16-5-2-1-3-6-16/h1-3,5-6,8-12,14,19H,4,7,13,15H2,(H,27,30)/t19-/m1/s1. The lowest BCUT2D eigenvalue weighted by Crippen LogP contribution is -2.35. The smallest absolute Gasteiger partial charge is 0.329 e. The molecule has 5 nitrogen and oxygen atoms in total. The lowest BCUT2D eigenvalue weighted by Gasteiger charge is -2.25. The van der Waals surface area contributed by atoms with Crippen molar-refractivity contribution in [3.63, 3.8) is 0 Å². The molecule has 0 saturated carbocycles. The van der Waals surface area contributed by atoms with E-state index in [9.17, 15) is 18.0 Å². The van der Waals surface area contributed by atoms with Crippen LogP contribution in [-0.2, 0) is 12.7 Å². The van der Waals surface area contributed by atoms with Crippen LogP contribution in [-0.4, -0.2) is 27.0 Å². The van der Waals surface area contributed by atoms with E-state index in [1.807, 2.05) is 41.1 Å². The Hall–Kier alpha value is -3.29. The number of aromatic nitrogens is 2. The molecule has 4 rings (SSSR count). The SMILES string of the molecule is O=C(Nc1ccc(C(F)(F)F)cc1)N1CCC[C@@H]1c1nccn1Cc1ccccc1. The van der Waals surface area contributed by atoms with Crippen LogP contribution >= 0.6 is 0 Å². The number of alkyl halides is 3. The molecule has 156 valence electrons. The minimum absolute atomic E-state index is 0.182. The number of amides is 2. The van der Waals surface area contributed by atoms with Crippen molar-refractivity contribution in [2.45, 2.75) is 31.6 Å². The fraction of sp³-hybridized carbons (Fsp3) is 0.273. The van der Waals surface area contributed by atoms with Crippen LogP contribution in [0.4, 0.5) is 23.7 Å². The fourth-order valence-corrected chi connectivity index (χ4v) is 3.75. The molecule has 1 N–H and O–H groups in total. The van der Waals surface area contributed by atoms with Gasteiger partial charge in [-0.3, -0.25) is 0 Å². The number of nitrogens with zero attached hydrogens (tertiary/aromatic N) is 3. The largest absolute Gasteiger partial charge is 0.416 e. The van der Waals surface area contributed by atoms with E-state index in [0.717, 1.165) is 36.4 Å². The number of benzene rings is 2. The maximum Gasteiger partial charge on any atom is 0.416 e. The summed E-state index contributed by atoms with van der Waals surface area (Å²) in [6, 6.07) is 13.9. The Labute approximate surface area is 172 Å². The summed E-state index contributed by atoms with van der Waals surface area (Å²) in [6.45, 7) is 1.22. The number of rotatable bonds is 4. The van der Waals surface area contributed by atoms with Crippen molar-refractivity contribution in [1.29, 1.82) is 0 Å². The molecular weight excluding hydrogens is 393 g/mol. The minimum Gasteiger partial charge on any atom is -0.329 e. The fourth-order valence-electron chi connectivity index (χ4n) is 3.75. The second-order valence-corrected chi connectivity index (χ2v) is 7.26. The normalized spacial score (nSPS) is 16.6. The number of likely N-dealkylation sites (tertiary alicyclic amines) is 1. The van der Waals surface area contributed by atoms with E-state index in [2.05, 4.69) is 10.3 Å². The Kier molecular flexibility index (Phi) is 5.48. The van der Waals surface area contributed by atoms with E-state index in [0.29, 0.717) is 18.8 Å². The zero-order valence-electron chi connectivity index (χ0n) is 16.1. The van der Waals surface area contributed by atoms with Crippen LogP contribution in [0, 0.1) is 0 Å². The molecule has 30 heavy (non-hydrogen) atoms. The molecule has 8 heteroatoms. The molecule has 3 aromatic rings. The molecule has 1 atom stereocenters. The van der Waals surface area contributed by atoms with Crippen LogP contribution in [0.2, 0.25) is 0 Å². The number of hydrogen-bond donors (Lipinski definition) is 1. The van der Waals surface area contributed by atoms with Crippen LogP contribution in [0.3, 0.4) is 0 Å². The summed E-state index contributed by atoms with van der Waals surface area (Å²) in [5.74, 6) is 0.805. The van der Waals surface area contributed by atoms with E-state index in [-0.39, 0.29) is 12.1 Å². The van der Waals surface area contributed by atoms with Crippen LogP contribution < -0.4 is 5.32 Å². The third kappa shape index (κ3) is 4.32. The molecule has 0 radical (unpaired) electrons. The number of anilines is 1. The summed E-state index contributed by atoms with van der Waals surface area (Å²) in [7, 11) is 0. The van der Waals surface area contributed by atoms with Gasteiger partial charge in [-0.05, 0) is 42.7 Å². The van der Waals surface area contributed by atoms with Crippen molar-refractivity contribution in [3.05, 3.63) is 83.9 Å². The molecule has 0 bridgehead atoms. The highest BCUT2D eigenvalue weighted by Crippen LogP contribution is 2.33. The summed E-state index contributed by atoms with van der Waals surface area (Å²) in [5.41, 5.74) is 0.712. The molecule has 0 unspecified atom stereocenters. The van der Waals surface area contributed by atoms with Gasteiger partial charge in [0, 0.05) is 31.2 Å². The van der Waals surface area contributed by atoms with Crippen molar-refractivity contribution in [1.82, 2.24) is 14.5 Å². The molecule has 1 aliphatic heterocycles. The number of carbonyl (C=O) groups excluding carboxylic acids is 1. The maximum absolute atomic E-state index is 12.8. The number of urea groups is 1. The third-order valence-electron chi connectivity index (χ3n) is 5.22. The molecule has 1 saturated heterocycles. The first-order chi connectivity index (χ1) is 14.4. The second-order valence-electron chi connectivity index (χ2n) is 7.26. The highest BCUT2D eigenvalue weighted by Gasteiger charge is 2.33. The van der Waals surface area contributed by atoms with Crippen molar-refractivity contribution in [2.24, 2.45) is 0 Å². The lowest BCUT2D eigenvalue weighted by atomic mass is 10.2. The summed E-state index contributed by atoms with van der Waals surface area (Å²) >= 11 is 0. The predicted octanol–water partition coefficient (Wildman–Crippen LogP) is 5.32. The van der Waals surface area contributed by atoms with Gasteiger partial charge in [0.1, 0.15) is 5.82 Å². The Morgan fingerprint density at radius 1 is 1.10 bits per heavy atom. The molecule has 2 amide bonds.